The quantitative estimate of drug-likeness (QED) is 0.832. The highest BCUT2D eigenvalue weighted by Crippen LogP contribution is 2.30. The summed E-state index contributed by atoms with van der Waals surface area (Å²) in [7, 11) is 1.76. The van der Waals surface area contributed by atoms with Crippen LogP contribution in [0.4, 0.5) is 0 Å². The number of nitrogens with one attached hydrogen (secondary N) is 1. The molecule has 1 aliphatic rings. The van der Waals surface area contributed by atoms with Gasteiger partial charge in [-0.3, -0.25) is 9.48 Å². The number of carbonyl (C=O) groups excluding carboxylic acids is 1. The van der Waals surface area contributed by atoms with Crippen molar-refractivity contribution in [2.75, 3.05) is 0 Å². The smallest absolute Gasteiger partial charge is 0.254 e. The second kappa shape index (κ2) is 5.09. The molecule has 3 rings (SSSR count). The lowest BCUT2D eigenvalue weighted by atomic mass is 10.1. The Morgan fingerprint density at radius 1 is 1.50 bits per heavy atom. The minimum atomic E-state index is -0.607. The van der Waals surface area contributed by atoms with E-state index in [-0.39, 0.29) is 18.0 Å². The number of hydrogen-bond donors (Lipinski definition) is 2. The Kier molecular flexibility index (Phi) is 3.27. The first-order valence-corrected chi connectivity index (χ1v) is 6.60. The van der Waals surface area contributed by atoms with Crippen LogP contribution in [-0.4, -0.2) is 42.5 Å². The number of nitrogens with zero attached hydrogens (tertiary/aromatic N) is 4. The number of rotatable bonds is 3. The number of hydrogen-bond acceptors (Lipinski definition) is 4. The number of aromatic nitrogens is 4. The molecule has 3 atom stereocenters. The second-order valence-corrected chi connectivity index (χ2v) is 5.13. The molecule has 1 aliphatic carbocycles. The Hall–Kier alpha value is -2.15. The van der Waals surface area contributed by atoms with Crippen LogP contribution in [0.3, 0.4) is 0 Å². The van der Waals surface area contributed by atoms with Crippen LogP contribution in [0, 0.1) is 0 Å². The van der Waals surface area contributed by atoms with E-state index in [1.807, 2.05) is 10.8 Å². The summed E-state index contributed by atoms with van der Waals surface area (Å²) < 4.78 is 3.47. The molecule has 0 aromatic carbocycles. The maximum absolute atomic E-state index is 12.1. The van der Waals surface area contributed by atoms with Crippen LogP contribution in [0.15, 0.2) is 31.1 Å². The normalized spacial score (nSPS) is 25.8. The number of carbonyl (C=O) groups is 1. The lowest BCUT2D eigenvalue weighted by Crippen LogP contribution is -2.41. The number of amides is 1. The second-order valence-electron chi connectivity index (χ2n) is 5.13. The highest BCUT2D eigenvalue weighted by atomic mass is 16.3. The molecule has 0 radical (unpaired) electrons. The lowest BCUT2D eigenvalue weighted by molar-refractivity contribution is 0.0813. The maximum atomic E-state index is 12.1. The number of aryl methyl sites for hydroxylation is 1. The fraction of sp³-hybridized carbons (Fsp3) is 0.462. The van der Waals surface area contributed by atoms with Gasteiger partial charge in [0.05, 0.1) is 36.3 Å². The molecule has 1 saturated carbocycles. The Morgan fingerprint density at radius 3 is 3.00 bits per heavy atom. The van der Waals surface area contributed by atoms with Gasteiger partial charge in [0.25, 0.3) is 5.91 Å². The molecule has 0 bridgehead atoms. The monoisotopic (exact) mass is 275 g/mol. The van der Waals surface area contributed by atoms with Gasteiger partial charge in [0.1, 0.15) is 0 Å². The van der Waals surface area contributed by atoms with Crippen molar-refractivity contribution in [2.24, 2.45) is 7.05 Å². The molecule has 106 valence electrons. The minimum absolute atomic E-state index is 0.0308. The molecule has 0 spiro atoms. The lowest BCUT2D eigenvalue weighted by Gasteiger charge is -2.21. The molecule has 20 heavy (non-hydrogen) atoms. The van der Waals surface area contributed by atoms with E-state index in [9.17, 15) is 9.90 Å². The molecule has 0 aliphatic heterocycles. The molecule has 2 heterocycles. The molecular weight excluding hydrogens is 258 g/mol. The minimum Gasteiger partial charge on any atom is -0.389 e. The predicted octanol–water partition coefficient (Wildman–Crippen LogP) is 0.111. The van der Waals surface area contributed by atoms with E-state index in [0.29, 0.717) is 5.56 Å². The van der Waals surface area contributed by atoms with Gasteiger partial charge in [0, 0.05) is 25.6 Å². The van der Waals surface area contributed by atoms with E-state index in [2.05, 4.69) is 15.4 Å². The highest BCUT2D eigenvalue weighted by Gasteiger charge is 2.36. The van der Waals surface area contributed by atoms with Crippen molar-refractivity contribution < 1.29 is 9.90 Å². The van der Waals surface area contributed by atoms with Gasteiger partial charge in [-0.15, -0.1) is 0 Å². The van der Waals surface area contributed by atoms with Crippen LogP contribution >= 0.6 is 0 Å². The van der Waals surface area contributed by atoms with Gasteiger partial charge in [-0.05, 0) is 12.8 Å². The molecule has 2 N–H and O–H groups in total. The molecule has 1 amide bonds. The Morgan fingerprint density at radius 2 is 2.35 bits per heavy atom. The van der Waals surface area contributed by atoms with Crippen LogP contribution in [-0.2, 0) is 7.05 Å². The van der Waals surface area contributed by atoms with Gasteiger partial charge in [0.15, 0.2) is 0 Å². The summed E-state index contributed by atoms with van der Waals surface area (Å²) in [4.78, 5) is 16.0. The molecule has 7 heteroatoms. The van der Waals surface area contributed by atoms with Crippen molar-refractivity contribution in [3.63, 3.8) is 0 Å². The summed E-state index contributed by atoms with van der Waals surface area (Å²) in [5.74, 6) is -0.201. The van der Waals surface area contributed by atoms with Crippen molar-refractivity contribution >= 4 is 5.91 Å². The van der Waals surface area contributed by atoms with Crippen LogP contribution < -0.4 is 5.32 Å². The standard InChI is InChI=1S/C13H17N5O2/c1-17-7-9(6-15-17)13(20)16-10-2-3-11(12(10)19)18-5-4-14-8-18/h4-8,10-12,19H,2-3H2,1H3,(H,16,20)/t10-,11-,12-/m1/s1. The predicted molar refractivity (Wildman–Crippen MR) is 71.0 cm³/mol. The maximum Gasteiger partial charge on any atom is 0.254 e. The van der Waals surface area contributed by atoms with E-state index < -0.39 is 6.10 Å². The average Bonchev–Trinajstić information content (AvgIpc) is 3.12. The van der Waals surface area contributed by atoms with Crippen molar-refractivity contribution in [3.05, 3.63) is 36.7 Å². The molecule has 0 unspecified atom stereocenters. The summed E-state index contributed by atoms with van der Waals surface area (Å²) in [5.41, 5.74) is 0.505. The first kappa shape index (κ1) is 12.9. The number of aliphatic hydroxyl groups is 1. The largest absolute Gasteiger partial charge is 0.389 e. The average molecular weight is 275 g/mol. The van der Waals surface area contributed by atoms with Crippen molar-refractivity contribution in [3.8, 4) is 0 Å². The number of aliphatic hydroxyl groups excluding tert-OH is 1. The highest BCUT2D eigenvalue weighted by molar-refractivity contribution is 5.93. The topological polar surface area (TPSA) is 85.0 Å². The summed E-state index contributed by atoms with van der Waals surface area (Å²) in [6.07, 6.45) is 9.34. The van der Waals surface area contributed by atoms with Crippen LogP contribution in [0.5, 0.6) is 0 Å². The van der Waals surface area contributed by atoms with Crippen molar-refractivity contribution in [1.29, 1.82) is 0 Å². The van der Waals surface area contributed by atoms with Gasteiger partial charge in [-0.1, -0.05) is 0 Å². The number of imidazole rings is 1. The fourth-order valence-corrected chi connectivity index (χ4v) is 2.70. The molecule has 2 aromatic rings. The van der Waals surface area contributed by atoms with Crippen LogP contribution in [0.25, 0.3) is 0 Å². The van der Waals surface area contributed by atoms with Crippen molar-refractivity contribution in [2.45, 2.75) is 31.0 Å². The van der Waals surface area contributed by atoms with Gasteiger partial charge in [0.2, 0.25) is 0 Å². The molecule has 7 nitrogen and oxygen atoms in total. The summed E-state index contributed by atoms with van der Waals surface area (Å²) >= 11 is 0. The first-order chi connectivity index (χ1) is 9.65. The summed E-state index contributed by atoms with van der Waals surface area (Å²) in [6, 6.07) is -0.271. The van der Waals surface area contributed by atoms with Gasteiger partial charge >= 0.3 is 0 Å². The van der Waals surface area contributed by atoms with Gasteiger partial charge in [-0.25, -0.2) is 4.98 Å². The van der Waals surface area contributed by atoms with E-state index in [1.165, 1.54) is 6.20 Å². The molecule has 0 saturated heterocycles. The summed E-state index contributed by atoms with van der Waals surface area (Å²) in [6.45, 7) is 0. The molecule has 2 aromatic heterocycles. The third-order valence-electron chi connectivity index (χ3n) is 3.77. The van der Waals surface area contributed by atoms with Crippen molar-refractivity contribution in [1.82, 2.24) is 24.6 Å². The fourth-order valence-electron chi connectivity index (χ4n) is 2.70. The molecular formula is C13H17N5O2. The third-order valence-corrected chi connectivity index (χ3v) is 3.77. The Labute approximate surface area is 116 Å². The Balaban J connectivity index is 1.66. The van der Waals surface area contributed by atoms with Crippen LogP contribution in [0.2, 0.25) is 0 Å². The zero-order chi connectivity index (χ0) is 14.1. The first-order valence-electron chi connectivity index (χ1n) is 6.60. The summed E-state index contributed by atoms with van der Waals surface area (Å²) in [5, 5.41) is 17.2. The van der Waals surface area contributed by atoms with Crippen LogP contribution in [0.1, 0.15) is 29.2 Å². The zero-order valence-electron chi connectivity index (χ0n) is 11.2. The van der Waals surface area contributed by atoms with Gasteiger partial charge in [-0.2, -0.15) is 5.10 Å². The van der Waals surface area contributed by atoms with E-state index in [0.717, 1.165) is 12.8 Å². The van der Waals surface area contributed by atoms with Gasteiger partial charge < -0.3 is 15.0 Å². The Bertz CT molecular complexity index is 592. The van der Waals surface area contributed by atoms with E-state index >= 15 is 0 Å². The SMILES string of the molecule is Cn1cc(C(=O)N[C@@H]2CC[C@@H](n3ccnc3)[C@@H]2O)cn1. The molecule has 1 fully saturated rings. The van der Waals surface area contributed by atoms with E-state index in [4.69, 9.17) is 0 Å². The zero-order valence-corrected chi connectivity index (χ0v) is 11.2. The third kappa shape index (κ3) is 2.32. The van der Waals surface area contributed by atoms with E-state index in [1.54, 1.807) is 30.5 Å².